The number of phenolic OH excluding ortho intramolecular Hbond substituents is 1. The first-order valence-corrected chi connectivity index (χ1v) is 8.98. The highest BCUT2D eigenvalue weighted by Crippen LogP contribution is 2.25. The summed E-state index contributed by atoms with van der Waals surface area (Å²) in [6.07, 6.45) is 7.19. The number of hydrogen-bond donors (Lipinski definition) is 1. The first-order valence-electron chi connectivity index (χ1n) is 8.98. The molecule has 0 amide bonds. The lowest BCUT2D eigenvalue weighted by molar-refractivity contribution is 0.293. The Labute approximate surface area is 154 Å². The number of aromatic nitrogens is 1. The zero-order valence-corrected chi connectivity index (χ0v) is 14.7. The fourth-order valence-electron chi connectivity index (χ4n) is 3.44. The molecule has 4 rings (SSSR count). The van der Waals surface area contributed by atoms with Crippen molar-refractivity contribution in [3.63, 3.8) is 0 Å². The minimum absolute atomic E-state index is 0.280. The van der Waals surface area contributed by atoms with E-state index in [1.54, 1.807) is 12.1 Å². The van der Waals surface area contributed by atoms with Crippen molar-refractivity contribution < 1.29 is 5.11 Å². The third-order valence-corrected chi connectivity index (χ3v) is 4.82. The van der Waals surface area contributed by atoms with Crippen LogP contribution in [0.15, 0.2) is 79.1 Å². The van der Waals surface area contributed by atoms with E-state index >= 15 is 0 Å². The maximum absolute atomic E-state index is 9.69. The van der Waals surface area contributed by atoms with Gasteiger partial charge in [-0.05, 0) is 46.9 Å². The third-order valence-electron chi connectivity index (χ3n) is 4.82. The van der Waals surface area contributed by atoms with Crippen LogP contribution in [0.4, 0.5) is 0 Å². The minimum Gasteiger partial charge on any atom is -0.508 e. The fraction of sp³-hybridized carbons (Fsp3) is 0.174. The molecule has 1 aromatic heterocycles. The van der Waals surface area contributed by atoms with Crippen LogP contribution in [-0.2, 0) is 6.54 Å². The van der Waals surface area contributed by atoms with Gasteiger partial charge in [-0.25, -0.2) is 0 Å². The second kappa shape index (κ2) is 7.54. The van der Waals surface area contributed by atoms with Crippen molar-refractivity contribution >= 4 is 5.57 Å². The van der Waals surface area contributed by atoms with Gasteiger partial charge in [-0.3, -0.25) is 9.88 Å². The Morgan fingerprint density at radius 1 is 0.885 bits per heavy atom. The maximum atomic E-state index is 9.69. The Balaban J connectivity index is 1.46. The van der Waals surface area contributed by atoms with E-state index < -0.39 is 0 Å². The summed E-state index contributed by atoms with van der Waals surface area (Å²) in [7, 11) is 0. The molecule has 0 saturated carbocycles. The van der Waals surface area contributed by atoms with Crippen LogP contribution in [0.25, 0.3) is 16.7 Å². The highest BCUT2D eigenvalue weighted by Gasteiger charge is 2.13. The topological polar surface area (TPSA) is 36.4 Å². The largest absolute Gasteiger partial charge is 0.508 e. The molecule has 0 saturated heterocycles. The Morgan fingerprint density at radius 3 is 2.50 bits per heavy atom. The number of phenols is 1. The highest BCUT2D eigenvalue weighted by atomic mass is 16.3. The molecule has 3 heteroatoms. The van der Waals surface area contributed by atoms with Crippen molar-refractivity contribution in [1.82, 2.24) is 9.88 Å². The van der Waals surface area contributed by atoms with Gasteiger partial charge in [-0.1, -0.05) is 48.5 Å². The van der Waals surface area contributed by atoms with E-state index in [0.717, 1.165) is 37.2 Å². The van der Waals surface area contributed by atoms with E-state index in [0.29, 0.717) is 0 Å². The number of hydrogen-bond acceptors (Lipinski definition) is 3. The minimum atomic E-state index is 0.280. The molecule has 0 fully saturated rings. The van der Waals surface area contributed by atoms with E-state index in [4.69, 9.17) is 0 Å². The molecule has 2 aromatic carbocycles. The Bertz CT molecular complexity index is 918. The van der Waals surface area contributed by atoms with Gasteiger partial charge in [-0.2, -0.15) is 0 Å². The summed E-state index contributed by atoms with van der Waals surface area (Å²) in [5.74, 6) is 0.280. The average Bonchev–Trinajstić information content (AvgIpc) is 2.69. The molecular weight excluding hydrogens is 320 g/mol. The summed E-state index contributed by atoms with van der Waals surface area (Å²) < 4.78 is 0. The van der Waals surface area contributed by atoms with E-state index in [1.807, 2.05) is 24.5 Å². The van der Waals surface area contributed by atoms with Gasteiger partial charge in [0.25, 0.3) is 0 Å². The van der Waals surface area contributed by atoms with Crippen LogP contribution in [0.5, 0.6) is 5.75 Å². The van der Waals surface area contributed by atoms with Crippen molar-refractivity contribution in [2.45, 2.75) is 13.0 Å². The van der Waals surface area contributed by atoms with E-state index in [1.165, 1.54) is 16.7 Å². The van der Waals surface area contributed by atoms with Gasteiger partial charge in [0.1, 0.15) is 5.75 Å². The van der Waals surface area contributed by atoms with E-state index in [9.17, 15) is 5.11 Å². The standard InChI is InChI=1S/C23H22N2O/c26-23-8-4-7-21(14-23)22-13-18(15-24-16-22)17-25-11-9-20(10-12-25)19-5-2-1-3-6-19/h1-9,13-16,26H,10-12,17H2. The zero-order valence-electron chi connectivity index (χ0n) is 14.7. The number of pyridine rings is 1. The molecule has 130 valence electrons. The number of nitrogens with zero attached hydrogens (tertiary/aromatic N) is 2. The van der Waals surface area contributed by atoms with Gasteiger partial charge >= 0.3 is 0 Å². The Hall–Kier alpha value is -2.91. The van der Waals surface area contributed by atoms with Crippen LogP contribution >= 0.6 is 0 Å². The fourth-order valence-corrected chi connectivity index (χ4v) is 3.44. The molecule has 1 aliphatic rings. The molecule has 2 heterocycles. The lowest BCUT2D eigenvalue weighted by atomic mass is 9.99. The van der Waals surface area contributed by atoms with E-state index in [2.05, 4.69) is 52.4 Å². The molecule has 0 atom stereocenters. The maximum Gasteiger partial charge on any atom is 0.116 e. The summed E-state index contributed by atoms with van der Waals surface area (Å²) in [5.41, 5.74) is 6.00. The molecule has 1 aliphatic heterocycles. The van der Waals surface area contributed by atoms with Gasteiger partial charge in [0.2, 0.25) is 0 Å². The molecule has 0 unspecified atom stereocenters. The molecule has 0 bridgehead atoms. The summed E-state index contributed by atoms with van der Waals surface area (Å²) >= 11 is 0. The summed E-state index contributed by atoms with van der Waals surface area (Å²) in [6, 6.07) is 20.1. The lowest BCUT2D eigenvalue weighted by Crippen LogP contribution is -2.28. The number of aromatic hydroxyl groups is 1. The smallest absolute Gasteiger partial charge is 0.116 e. The van der Waals surface area contributed by atoms with Crippen LogP contribution in [0.2, 0.25) is 0 Å². The molecule has 0 aliphatic carbocycles. The van der Waals surface area contributed by atoms with Gasteiger partial charge < -0.3 is 5.11 Å². The first-order chi connectivity index (χ1) is 12.8. The second-order valence-corrected chi connectivity index (χ2v) is 6.71. The van der Waals surface area contributed by atoms with Gasteiger partial charge in [0.15, 0.2) is 0 Å². The normalized spacial score (nSPS) is 14.8. The summed E-state index contributed by atoms with van der Waals surface area (Å²) in [6.45, 7) is 2.90. The predicted octanol–water partition coefficient (Wildman–Crippen LogP) is 4.74. The summed E-state index contributed by atoms with van der Waals surface area (Å²) in [4.78, 5) is 6.84. The molecule has 26 heavy (non-hydrogen) atoms. The van der Waals surface area contributed by atoms with Crippen molar-refractivity contribution in [1.29, 1.82) is 0 Å². The van der Waals surface area contributed by atoms with Crippen LogP contribution in [0, 0.1) is 0 Å². The lowest BCUT2D eigenvalue weighted by Gasteiger charge is -2.26. The molecule has 3 nitrogen and oxygen atoms in total. The van der Waals surface area contributed by atoms with Gasteiger partial charge in [0.05, 0.1) is 0 Å². The quantitative estimate of drug-likeness (QED) is 0.744. The van der Waals surface area contributed by atoms with Crippen LogP contribution in [0.3, 0.4) is 0 Å². The number of rotatable bonds is 4. The first kappa shape index (κ1) is 16.6. The van der Waals surface area contributed by atoms with E-state index in [-0.39, 0.29) is 5.75 Å². The van der Waals surface area contributed by atoms with Crippen molar-refractivity contribution in [2.75, 3.05) is 13.1 Å². The molecule has 3 aromatic rings. The van der Waals surface area contributed by atoms with Crippen LogP contribution in [-0.4, -0.2) is 28.1 Å². The van der Waals surface area contributed by atoms with Crippen LogP contribution < -0.4 is 0 Å². The van der Waals surface area contributed by atoms with Crippen molar-refractivity contribution in [2.24, 2.45) is 0 Å². The monoisotopic (exact) mass is 342 g/mol. The third kappa shape index (κ3) is 3.84. The highest BCUT2D eigenvalue weighted by molar-refractivity contribution is 5.66. The summed E-state index contributed by atoms with van der Waals surface area (Å²) in [5, 5.41) is 9.69. The van der Waals surface area contributed by atoms with Crippen molar-refractivity contribution in [3.8, 4) is 16.9 Å². The zero-order chi connectivity index (χ0) is 17.8. The second-order valence-electron chi connectivity index (χ2n) is 6.71. The van der Waals surface area contributed by atoms with Crippen molar-refractivity contribution in [3.05, 3.63) is 90.3 Å². The van der Waals surface area contributed by atoms with Gasteiger partial charge in [-0.15, -0.1) is 0 Å². The SMILES string of the molecule is Oc1cccc(-c2cncc(CN3CC=C(c4ccccc4)CC3)c2)c1. The van der Waals surface area contributed by atoms with Gasteiger partial charge in [0, 0.05) is 37.6 Å². The number of benzene rings is 2. The average molecular weight is 342 g/mol. The predicted molar refractivity (Wildman–Crippen MR) is 106 cm³/mol. The molecule has 0 radical (unpaired) electrons. The van der Waals surface area contributed by atoms with Crippen LogP contribution in [0.1, 0.15) is 17.5 Å². The molecule has 1 N–H and O–H groups in total. The Kier molecular flexibility index (Phi) is 4.80. The Morgan fingerprint density at radius 2 is 1.73 bits per heavy atom. The molecular formula is C23H22N2O. The molecule has 0 spiro atoms.